The van der Waals surface area contributed by atoms with Crippen molar-refractivity contribution in [2.45, 2.75) is 20.3 Å². The number of carbonyl (C=O) groups excluding carboxylic acids is 2. The van der Waals surface area contributed by atoms with Crippen molar-refractivity contribution >= 4 is 28.2 Å². The molecule has 0 aliphatic carbocycles. The Balaban J connectivity index is 2.24. The Kier molecular flexibility index (Phi) is 4.74. The molecule has 2 heterocycles. The van der Waals surface area contributed by atoms with Crippen LogP contribution in [0.15, 0.2) is 18.5 Å². The highest BCUT2D eigenvalue weighted by Gasteiger charge is 2.19. The van der Waals surface area contributed by atoms with Crippen LogP contribution in [-0.2, 0) is 18.2 Å². The predicted molar refractivity (Wildman–Crippen MR) is 80.8 cm³/mol. The van der Waals surface area contributed by atoms with Gasteiger partial charge in [0.25, 0.3) is 5.91 Å². The minimum Gasteiger partial charge on any atom is -0.462 e. The molecule has 0 aliphatic rings. The van der Waals surface area contributed by atoms with Crippen molar-refractivity contribution in [2.75, 3.05) is 11.9 Å². The van der Waals surface area contributed by atoms with Crippen molar-refractivity contribution in [1.29, 1.82) is 0 Å². The van der Waals surface area contributed by atoms with E-state index < -0.39 is 5.97 Å². The number of nitrogens with zero attached hydrogens (tertiary/aromatic N) is 2. The van der Waals surface area contributed by atoms with Crippen LogP contribution in [0.4, 0.5) is 5.00 Å². The van der Waals surface area contributed by atoms with Gasteiger partial charge in [-0.05, 0) is 19.4 Å². The van der Waals surface area contributed by atoms with Crippen molar-refractivity contribution in [2.24, 2.45) is 7.05 Å². The molecule has 2 aromatic rings. The van der Waals surface area contributed by atoms with Gasteiger partial charge in [-0.15, -0.1) is 11.3 Å². The minimum atomic E-state index is -0.421. The van der Waals surface area contributed by atoms with Crippen molar-refractivity contribution in [1.82, 2.24) is 9.78 Å². The summed E-state index contributed by atoms with van der Waals surface area (Å²) in [7, 11) is 1.74. The lowest BCUT2D eigenvalue weighted by atomic mass is 10.2. The van der Waals surface area contributed by atoms with Crippen molar-refractivity contribution in [3.63, 3.8) is 0 Å². The zero-order chi connectivity index (χ0) is 15.4. The Hall–Kier alpha value is -2.15. The molecule has 1 amide bonds. The molecule has 0 saturated carbocycles. The average molecular weight is 307 g/mol. The highest BCUT2D eigenvalue weighted by molar-refractivity contribution is 7.16. The van der Waals surface area contributed by atoms with Gasteiger partial charge in [0.15, 0.2) is 0 Å². The van der Waals surface area contributed by atoms with Gasteiger partial charge in [0, 0.05) is 18.1 Å². The maximum atomic E-state index is 12.1. The van der Waals surface area contributed by atoms with E-state index in [0.29, 0.717) is 22.7 Å². The Labute approximate surface area is 126 Å². The number of ether oxygens (including phenoxy) is 1. The molecule has 0 spiro atoms. The van der Waals surface area contributed by atoms with Gasteiger partial charge in [-0.25, -0.2) is 4.79 Å². The normalized spacial score (nSPS) is 10.4. The van der Waals surface area contributed by atoms with Gasteiger partial charge in [-0.1, -0.05) is 6.92 Å². The molecule has 0 radical (unpaired) electrons. The third-order valence-electron chi connectivity index (χ3n) is 2.82. The van der Waals surface area contributed by atoms with Crippen LogP contribution in [0.2, 0.25) is 0 Å². The van der Waals surface area contributed by atoms with Crippen LogP contribution < -0.4 is 5.32 Å². The van der Waals surface area contributed by atoms with Crippen LogP contribution in [0.1, 0.15) is 39.4 Å². The largest absolute Gasteiger partial charge is 0.462 e. The fraction of sp³-hybridized carbons (Fsp3) is 0.357. The molecule has 0 atom stereocenters. The van der Waals surface area contributed by atoms with Crippen LogP contribution in [0.3, 0.4) is 0 Å². The van der Waals surface area contributed by atoms with Crippen LogP contribution in [-0.4, -0.2) is 28.3 Å². The number of nitrogens with one attached hydrogen (secondary N) is 1. The van der Waals surface area contributed by atoms with Gasteiger partial charge < -0.3 is 10.1 Å². The Morgan fingerprint density at radius 1 is 1.43 bits per heavy atom. The first kappa shape index (κ1) is 15.2. The van der Waals surface area contributed by atoms with Gasteiger partial charge in [-0.3, -0.25) is 9.48 Å². The zero-order valence-electron chi connectivity index (χ0n) is 12.2. The predicted octanol–water partition coefficient (Wildman–Crippen LogP) is 2.47. The molecule has 21 heavy (non-hydrogen) atoms. The molecule has 2 aromatic heterocycles. The number of hydrogen-bond acceptors (Lipinski definition) is 5. The van der Waals surface area contributed by atoms with Gasteiger partial charge >= 0.3 is 5.97 Å². The number of aromatic nitrogens is 2. The number of anilines is 1. The first-order chi connectivity index (χ1) is 10.0. The number of hydrogen-bond donors (Lipinski definition) is 1. The van der Waals surface area contributed by atoms with Crippen LogP contribution >= 0.6 is 11.3 Å². The van der Waals surface area contributed by atoms with Gasteiger partial charge in [0.05, 0.1) is 23.9 Å². The molecule has 0 aliphatic heterocycles. The summed E-state index contributed by atoms with van der Waals surface area (Å²) < 4.78 is 6.57. The van der Waals surface area contributed by atoms with E-state index in [9.17, 15) is 9.59 Å². The average Bonchev–Trinajstić information content (AvgIpc) is 3.05. The fourth-order valence-electron chi connectivity index (χ4n) is 1.78. The first-order valence-electron chi connectivity index (χ1n) is 6.65. The second kappa shape index (κ2) is 6.53. The number of rotatable bonds is 5. The van der Waals surface area contributed by atoms with Crippen molar-refractivity contribution < 1.29 is 14.3 Å². The quantitative estimate of drug-likeness (QED) is 0.861. The SMILES string of the molecule is CCOC(=O)c1cc(CC)sc1NC(=O)c1cnn(C)c1. The monoisotopic (exact) mass is 307 g/mol. The topological polar surface area (TPSA) is 73.2 Å². The van der Waals surface area contributed by atoms with E-state index in [1.54, 1.807) is 30.9 Å². The molecule has 0 fully saturated rings. The summed E-state index contributed by atoms with van der Waals surface area (Å²) in [5.41, 5.74) is 0.842. The number of esters is 1. The second-order valence-electron chi connectivity index (χ2n) is 4.39. The van der Waals surface area contributed by atoms with Gasteiger partial charge in [0.1, 0.15) is 5.00 Å². The fourth-order valence-corrected chi connectivity index (χ4v) is 2.76. The molecule has 2 rings (SSSR count). The van der Waals surface area contributed by atoms with Crippen molar-refractivity contribution in [3.8, 4) is 0 Å². The zero-order valence-corrected chi connectivity index (χ0v) is 13.0. The number of carbonyl (C=O) groups is 2. The van der Waals surface area contributed by atoms with E-state index in [0.717, 1.165) is 11.3 Å². The lowest BCUT2D eigenvalue weighted by Gasteiger charge is -2.04. The molecule has 1 N–H and O–H groups in total. The maximum absolute atomic E-state index is 12.1. The highest BCUT2D eigenvalue weighted by atomic mass is 32.1. The van der Waals surface area contributed by atoms with E-state index in [1.807, 2.05) is 6.92 Å². The molecule has 112 valence electrons. The molecule has 0 bridgehead atoms. The van der Waals surface area contributed by atoms with E-state index in [1.165, 1.54) is 17.5 Å². The molecular weight excluding hydrogens is 290 g/mol. The summed E-state index contributed by atoms with van der Waals surface area (Å²) in [6, 6.07) is 1.77. The number of amides is 1. The summed E-state index contributed by atoms with van der Waals surface area (Å²) >= 11 is 1.38. The summed E-state index contributed by atoms with van der Waals surface area (Å²) in [4.78, 5) is 25.1. The van der Waals surface area contributed by atoms with E-state index in [2.05, 4.69) is 10.4 Å². The third-order valence-corrected chi connectivity index (χ3v) is 4.02. The Morgan fingerprint density at radius 2 is 2.19 bits per heavy atom. The highest BCUT2D eigenvalue weighted by Crippen LogP contribution is 2.29. The van der Waals surface area contributed by atoms with Crippen LogP contribution in [0.5, 0.6) is 0 Å². The maximum Gasteiger partial charge on any atom is 0.341 e. The first-order valence-corrected chi connectivity index (χ1v) is 7.46. The molecule has 6 nitrogen and oxygen atoms in total. The molecule has 0 unspecified atom stereocenters. The summed E-state index contributed by atoms with van der Waals surface area (Å²) in [5, 5.41) is 7.23. The van der Waals surface area contributed by atoms with E-state index >= 15 is 0 Å². The molecular formula is C14H17N3O3S. The minimum absolute atomic E-state index is 0.293. The van der Waals surface area contributed by atoms with Crippen LogP contribution in [0.25, 0.3) is 0 Å². The summed E-state index contributed by atoms with van der Waals surface area (Å²) in [6.45, 7) is 4.04. The standard InChI is InChI=1S/C14H17N3O3S/c1-4-10-6-11(14(19)20-5-2)13(21-10)16-12(18)9-7-15-17(3)8-9/h6-8H,4-5H2,1-3H3,(H,16,18). The summed E-state index contributed by atoms with van der Waals surface area (Å²) in [6.07, 6.45) is 3.89. The Bertz CT molecular complexity index is 660. The van der Waals surface area contributed by atoms with E-state index in [-0.39, 0.29) is 5.91 Å². The van der Waals surface area contributed by atoms with Gasteiger partial charge in [-0.2, -0.15) is 5.10 Å². The Morgan fingerprint density at radius 3 is 2.76 bits per heavy atom. The van der Waals surface area contributed by atoms with Gasteiger partial charge in [0.2, 0.25) is 0 Å². The number of thiophene rings is 1. The molecule has 0 aromatic carbocycles. The lowest BCUT2D eigenvalue weighted by Crippen LogP contribution is -2.13. The smallest absolute Gasteiger partial charge is 0.341 e. The van der Waals surface area contributed by atoms with E-state index in [4.69, 9.17) is 4.74 Å². The third kappa shape index (κ3) is 3.49. The van der Waals surface area contributed by atoms with Crippen molar-refractivity contribution in [3.05, 3.63) is 34.5 Å². The molecule has 7 heteroatoms. The lowest BCUT2D eigenvalue weighted by molar-refractivity contribution is 0.0528. The molecule has 0 saturated heterocycles. The van der Waals surface area contributed by atoms with Crippen LogP contribution in [0, 0.1) is 0 Å². The number of aryl methyl sites for hydroxylation is 2. The summed E-state index contributed by atoms with van der Waals surface area (Å²) in [5.74, 6) is -0.715. The second-order valence-corrected chi connectivity index (χ2v) is 5.52.